The average Bonchev–Trinajstić information content (AvgIpc) is 2.95. The topological polar surface area (TPSA) is 108 Å². The first-order valence-electron chi connectivity index (χ1n) is 6.38. The van der Waals surface area contributed by atoms with Crippen LogP contribution in [-0.4, -0.2) is 55.0 Å². The third-order valence-corrected chi connectivity index (χ3v) is 3.12. The number of anilines is 2. The lowest BCUT2D eigenvalue weighted by Crippen LogP contribution is -2.48. The van der Waals surface area contributed by atoms with Crippen molar-refractivity contribution in [2.45, 2.75) is 26.0 Å². The first-order valence-corrected chi connectivity index (χ1v) is 6.38. The highest BCUT2D eigenvalue weighted by atomic mass is 16.5. The van der Waals surface area contributed by atoms with Crippen molar-refractivity contribution in [3.8, 4) is 5.95 Å². The van der Waals surface area contributed by atoms with E-state index in [0.29, 0.717) is 25.0 Å². The van der Waals surface area contributed by atoms with E-state index in [1.54, 1.807) is 0 Å². The summed E-state index contributed by atoms with van der Waals surface area (Å²) in [5.41, 5.74) is 5.77. The summed E-state index contributed by atoms with van der Waals surface area (Å²) in [7, 11) is 0. The van der Waals surface area contributed by atoms with Crippen LogP contribution in [0.15, 0.2) is 12.7 Å². The lowest BCUT2D eigenvalue weighted by atomic mass is 10.2. The van der Waals surface area contributed by atoms with Crippen molar-refractivity contribution in [2.75, 3.05) is 23.8 Å². The summed E-state index contributed by atoms with van der Waals surface area (Å²) in [4.78, 5) is 18.6. The van der Waals surface area contributed by atoms with E-state index in [4.69, 9.17) is 10.5 Å². The molecule has 20 heavy (non-hydrogen) atoms. The Morgan fingerprint density at radius 2 is 2.05 bits per heavy atom. The zero-order valence-corrected chi connectivity index (χ0v) is 11.3. The minimum Gasteiger partial charge on any atom is -0.375 e. The molecule has 0 saturated carbocycles. The van der Waals surface area contributed by atoms with Crippen LogP contribution in [0.3, 0.4) is 0 Å². The van der Waals surface area contributed by atoms with Gasteiger partial charge in [-0.3, -0.25) is 0 Å². The van der Waals surface area contributed by atoms with E-state index >= 15 is 0 Å². The molecule has 9 heteroatoms. The second-order valence-corrected chi connectivity index (χ2v) is 4.78. The van der Waals surface area contributed by atoms with E-state index in [1.165, 1.54) is 17.3 Å². The summed E-state index contributed by atoms with van der Waals surface area (Å²) >= 11 is 0. The second-order valence-electron chi connectivity index (χ2n) is 4.78. The van der Waals surface area contributed by atoms with E-state index in [-0.39, 0.29) is 18.1 Å². The molecule has 1 aliphatic rings. The number of nitrogens with zero attached hydrogens (tertiary/aromatic N) is 7. The predicted octanol–water partition coefficient (Wildman–Crippen LogP) is -0.352. The van der Waals surface area contributed by atoms with Gasteiger partial charge >= 0.3 is 0 Å². The Kier molecular flexibility index (Phi) is 3.18. The normalized spacial score (nSPS) is 23.0. The molecule has 3 heterocycles. The summed E-state index contributed by atoms with van der Waals surface area (Å²) in [6.45, 7) is 5.41. The number of hydrogen-bond acceptors (Lipinski definition) is 8. The molecule has 1 saturated heterocycles. The van der Waals surface area contributed by atoms with Gasteiger partial charge in [0.2, 0.25) is 11.9 Å². The van der Waals surface area contributed by atoms with Crippen molar-refractivity contribution < 1.29 is 4.74 Å². The van der Waals surface area contributed by atoms with Gasteiger partial charge in [-0.15, -0.1) is 0 Å². The van der Waals surface area contributed by atoms with Gasteiger partial charge in [0, 0.05) is 6.54 Å². The monoisotopic (exact) mass is 276 g/mol. The SMILES string of the molecule is CC1CN(c2nc(N)nc(-n3cncn3)n2)C(C)CO1. The summed E-state index contributed by atoms with van der Waals surface area (Å²) in [5, 5.41) is 4.00. The maximum Gasteiger partial charge on any atom is 0.258 e. The summed E-state index contributed by atoms with van der Waals surface area (Å²) < 4.78 is 7.06. The molecule has 2 N–H and O–H groups in total. The van der Waals surface area contributed by atoms with E-state index in [2.05, 4.69) is 36.9 Å². The first kappa shape index (κ1) is 12.7. The minimum atomic E-state index is 0.124. The molecule has 1 fully saturated rings. The molecule has 2 atom stereocenters. The summed E-state index contributed by atoms with van der Waals surface area (Å²) in [6.07, 6.45) is 3.06. The predicted molar refractivity (Wildman–Crippen MR) is 71.4 cm³/mol. The highest BCUT2D eigenvalue weighted by Gasteiger charge is 2.26. The van der Waals surface area contributed by atoms with Gasteiger partial charge in [-0.05, 0) is 13.8 Å². The Bertz CT molecular complexity index is 586. The minimum absolute atomic E-state index is 0.124. The molecule has 0 aliphatic carbocycles. The third kappa shape index (κ3) is 2.39. The smallest absolute Gasteiger partial charge is 0.258 e. The molecule has 0 aromatic carbocycles. The highest BCUT2D eigenvalue weighted by molar-refractivity contribution is 5.39. The number of aromatic nitrogens is 6. The molecule has 0 radical (unpaired) electrons. The number of morpholine rings is 1. The van der Waals surface area contributed by atoms with Crippen molar-refractivity contribution in [3.63, 3.8) is 0 Å². The van der Waals surface area contributed by atoms with Crippen LogP contribution in [0.5, 0.6) is 0 Å². The van der Waals surface area contributed by atoms with E-state index in [9.17, 15) is 0 Å². The lowest BCUT2D eigenvalue weighted by molar-refractivity contribution is 0.0337. The van der Waals surface area contributed by atoms with Crippen LogP contribution in [0.25, 0.3) is 5.95 Å². The number of nitrogen functional groups attached to an aromatic ring is 1. The van der Waals surface area contributed by atoms with Crippen LogP contribution >= 0.6 is 0 Å². The van der Waals surface area contributed by atoms with Gasteiger partial charge in [0.1, 0.15) is 12.7 Å². The molecule has 3 rings (SSSR count). The van der Waals surface area contributed by atoms with Gasteiger partial charge in [0.25, 0.3) is 5.95 Å². The molecular weight excluding hydrogens is 260 g/mol. The third-order valence-electron chi connectivity index (χ3n) is 3.12. The molecule has 0 spiro atoms. The van der Waals surface area contributed by atoms with Gasteiger partial charge in [0.15, 0.2) is 0 Å². The molecule has 9 nitrogen and oxygen atoms in total. The Labute approximate surface area is 115 Å². The number of ether oxygens (including phenoxy) is 1. The standard InChI is InChI=1S/C11H16N8O/c1-7-4-20-8(2)3-18(7)10-15-9(12)16-11(17-10)19-6-13-5-14-19/h5-8H,3-4H2,1-2H3,(H2,12,15,16,17). The molecule has 106 valence electrons. The summed E-state index contributed by atoms with van der Waals surface area (Å²) in [5.74, 6) is 1.05. The van der Waals surface area contributed by atoms with Crippen molar-refractivity contribution >= 4 is 11.9 Å². The Morgan fingerprint density at radius 3 is 2.80 bits per heavy atom. The van der Waals surface area contributed by atoms with Gasteiger partial charge in [0.05, 0.1) is 18.8 Å². The van der Waals surface area contributed by atoms with Crippen LogP contribution in [0, 0.1) is 0 Å². The van der Waals surface area contributed by atoms with Crippen molar-refractivity contribution in [3.05, 3.63) is 12.7 Å². The number of rotatable bonds is 2. The van der Waals surface area contributed by atoms with Gasteiger partial charge < -0.3 is 15.4 Å². The fourth-order valence-electron chi connectivity index (χ4n) is 2.09. The maximum atomic E-state index is 5.77. The van der Waals surface area contributed by atoms with E-state index < -0.39 is 0 Å². The van der Waals surface area contributed by atoms with Crippen LogP contribution in [-0.2, 0) is 4.74 Å². The molecule has 0 amide bonds. The van der Waals surface area contributed by atoms with Crippen LogP contribution in [0.1, 0.15) is 13.8 Å². The highest BCUT2D eigenvalue weighted by Crippen LogP contribution is 2.19. The molecule has 2 aromatic heterocycles. The van der Waals surface area contributed by atoms with Crippen molar-refractivity contribution in [2.24, 2.45) is 0 Å². The second kappa shape index (κ2) is 5.00. The zero-order valence-electron chi connectivity index (χ0n) is 11.3. The Morgan fingerprint density at radius 1 is 1.25 bits per heavy atom. The molecule has 2 aromatic rings. The fourth-order valence-corrected chi connectivity index (χ4v) is 2.09. The molecular formula is C11H16N8O. The fraction of sp³-hybridized carbons (Fsp3) is 0.545. The van der Waals surface area contributed by atoms with Crippen LogP contribution < -0.4 is 10.6 Å². The van der Waals surface area contributed by atoms with Crippen LogP contribution in [0.4, 0.5) is 11.9 Å². The first-order chi connectivity index (χ1) is 9.63. The van der Waals surface area contributed by atoms with Crippen molar-refractivity contribution in [1.29, 1.82) is 0 Å². The summed E-state index contributed by atoms with van der Waals surface area (Å²) in [6, 6.07) is 0.177. The van der Waals surface area contributed by atoms with E-state index in [1.807, 2.05) is 6.92 Å². The number of nitrogens with two attached hydrogens (primary N) is 1. The van der Waals surface area contributed by atoms with E-state index in [0.717, 1.165) is 0 Å². The molecule has 2 unspecified atom stereocenters. The average molecular weight is 276 g/mol. The molecule has 0 bridgehead atoms. The lowest BCUT2D eigenvalue weighted by Gasteiger charge is -2.36. The van der Waals surface area contributed by atoms with Gasteiger partial charge in [-0.25, -0.2) is 4.98 Å². The molecule has 1 aliphatic heterocycles. The Hall–Kier alpha value is -2.29. The zero-order chi connectivity index (χ0) is 14.1. The van der Waals surface area contributed by atoms with Crippen LogP contribution in [0.2, 0.25) is 0 Å². The number of hydrogen-bond donors (Lipinski definition) is 1. The quantitative estimate of drug-likeness (QED) is 0.792. The van der Waals surface area contributed by atoms with Gasteiger partial charge in [-0.1, -0.05) is 0 Å². The maximum absolute atomic E-state index is 5.77. The Balaban J connectivity index is 1.97. The van der Waals surface area contributed by atoms with Crippen molar-refractivity contribution in [1.82, 2.24) is 29.7 Å². The van der Waals surface area contributed by atoms with Gasteiger partial charge in [-0.2, -0.15) is 24.7 Å². The largest absolute Gasteiger partial charge is 0.375 e.